The maximum atomic E-state index is 11.0. The van der Waals surface area contributed by atoms with Crippen LogP contribution in [0.25, 0.3) is 23.0 Å². The fraction of sp³-hybridized carbons (Fsp3) is 0.480. The first-order valence-corrected chi connectivity index (χ1v) is 11.9. The van der Waals surface area contributed by atoms with E-state index in [1.54, 1.807) is 6.07 Å². The highest BCUT2D eigenvalue weighted by atomic mass is 16.5. The Labute approximate surface area is 210 Å². The van der Waals surface area contributed by atoms with E-state index < -0.39 is 18.1 Å². The van der Waals surface area contributed by atoms with Crippen LogP contribution < -0.4 is 15.8 Å². The number of aryl methyl sites for hydroxylation is 3. The average molecular weight is 499 g/mol. The third-order valence-corrected chi connectivity index (χ3v) is 5.40. The summed E-state index contributed by atoms with van der Waals surface area (Å²) in [6, 6.07) is 5.56. The van der Waals surface area contributed by atoms with Gasteiger partial charge in [0.25, 0.3) is 5.89 Å². The molecule has 0 saturated carbocycles. The van der Waals surface area contributed by atoms with Crippen LogP contribution in [0.4, 0.5) is 5.95 Å². The summed E-state index contributed by atoms with van der Waals surface area (Å²) < 4.78 is 11.3. The second-order valence-corrected chi connectivity index (χ2v) is 9.17. The molecule has 0 aliphatic heterocycles. The molecule has 2 aromatic heterocycles. The number of amides is 1. The van der Waals surface area contributed by atoms with Crippen LogP contribution in [0, 0.1) is 19.8 Å². The molecule has 194 valence electrons. The Kier molecular flexibility index (Phi) is 8.94. The van der Waals surface area contributed by atoms with Crippen molar-refractivity contribution in [2.75, 3.05) is 18.5 Å². The molecule has 1 amide bonds. The Morgan fingerprint density at radius 1 is 1.17 bits per heavy atom. The monoisotopic (exact) mass is 498 g/mol. The number of nitrogens with zero attached hydrogens (tertiary/aromatic N) is 4. The van der Waals surface area contributed by atoms with Gasteiger partial charge in [0.1, 0.15) is 24.2 Å². The number of nitrogens with two attached hydrogens (primary N) is 1. The second kappa shape index (κ2) is 11.9. The normalized spacial score (nSPS) is 13.0. The Balaban J connectivity index is 1.80. The number of carbonyl (C=O) groups excluding carboxylic acids is 1. The Hall–Kier alpha value is -3.57. The minimum absolute atomic E-state index is 0.0931. The highest BCUT2D eigenvalue weighted by Crippen LogP contribution is 2.31. The molecule has 11 heteroatoms. The van der Waals surface area contributed by atoms with Crippen molar-refractivity contribution in [3.8, 4) is 28.7 Å². The van der Waals surface area contributed by atoms with E-state index in [4.69, 9.17) is 15.0 Å². The summed E-state index contributed by atoms with van der Waals surface area (Å²) in [5.74, 6) is 1.38. The molecule has 11 nitrogen and oxygen atoms in total. The molecule has 1 aromatic carbocycles. The zero-order valence-electron chi connectivity index (χ0n) is 21.3. The van der Waals surface area contributed by atoms with Crippen molar-refractivity contribution in [1.29, 1.82) is 0 Å². The number of nitrogens with one attached hydrogen (secondary N) is 1. The van der Waals surface area contributed by atoms with Crippen LogP contribution in [-0.2, 0) is 11.2 Å². The van der Waals surface area contributed by atoms with Gasteiger partial charge in [0, 0.05) is 24.2 Å². The summed E-state index contributed by atoms with van der Waals surface area (Å²) in [6.45, 7) is 10.6. The fourth-order valence-electron chi connectivity index (χ4n) is 3.56. The van der Waals surface area contributed by atoms with Crippen molar-refractivity contribution in [2.45, 2.75) is 59.7 Å². The molecule has 36 heavy (non-hydrogen) atoms. The Bertz CT molecular complexity index is 1200. The van der Waals surface area contributed by atoms with Gasteiger partial charge in [0.2, 0.25) is 17.7 Å². The van der Waals surface area contributed by atoms with Gasteiger partial charge in [0.05, 0.1) is 6.10 Å². The van der Waals surface area contributed by atoms with Gasteiger partial charge in [-0.1, -0.05) is 25.9 Å². The first kappa shape index (κ1) is 27.0. The van der Waals surface area contributed by atoms with Gasteiger partial charge in [-0.3, -0.25) is 4.79 Å². The predicted octanol–water partition coefficient (Wildman–Crippen LogP) is 2.42. The van der Waals surface area contributed by atoms with E-state index in [2.05, 4.69) is 39.3 Å². The summed E-state index contributed by atoms with van der Waals surface area (Å²) in [5, 5.41) is 27.0. The molecule has 1 unspecified atom stereocenters. The maximum Gasteiger partial charge on any atom is 0.277 e. The van der Waals surface area contributed by atoms with Crippen LogP contribution in [0.5, 0.6) is 5.75 Å². The average Bonchev–Trinajstić information content (AvgIpc) is 3.31. The first-order valence-electron chi connectivity index (χ1n) is 11.9. The van der Waals surface area contributed by atoms with Gasteiger partial charge < -0.3 is 30.5 Å². The van der Waals surface area contributed by atoms with E-state index in [0.717, 1.165) is 28.9 Å². The third-order valence-electron chi connectivity index (χ3n) is 5.40. The molecule has 0 fully saturated rings. The van der Waals surface area contributed by atoms with Gasteiger partial charge in [-0.15, -0.1) is 0 Å². The van der Waals surface area contributed by atoms with Crippen molar-refractivity contribution in [1.82, 2.24) is 20.1 Å². The van der Waals surface area contributed by atoms with Crippen LogP contribution in [0.1, 0.15) is 44.0 Å². The number of aliphatic hydroxyl groups excluding tert-OH is 2. The minimum Gasteiger partial charge on any atom is -0.490 e. The highest BCUT2D eigenvalue weighted by Gasteiger charge is 2.20. The molecule has 0 saturated heterocycles. The van der Waals surface area contributed by atoms with Crippen LogP contribution in [0.3, 0.4) is 0 Å². The number of carbonyl (C=O) groups is 1. The largest absolute Gasteiger partial charge is 0.490 e. The molecular formula is C25H34N6O5. The van der Waals surface area contributed by atoms with Crippen molar-refractivity contribution in [3.63, 3.8) is 0 Å². The lowest BCUT2D eigenvalue weighted by Gasteiger charge is -2.18. The van der Waals surface area contributed by atoms with Crippen molar-refractivity contribution >= 4 is 11.9 Å². The van der Waals surface area contributed by atoms with Gasteiger partial charge in [-0.05, 0) is 55.5 Å². The fourth-order valence-corrected chi connectivity index (χ4v) is 3.56. The number of anilines is 1. The molecule has 0 aliphatic rings. The number of rotatable bonds is 12. The topological polar surface area (TPSA) is 170 Å². The van der Waals surface area contributed by atoms with E-state index in [0.29, 0.717) is 35.6 Å². The number of aromatic nitrogens is 4. The molecule has 2 heterocycles. The van der Waals surface area contributed by atoms with Crippen LogP contribution in [-0.4, -0.2) is 61.6 Å². The van der Waals surface area contributed by atoms with Crippen LogP contribution >= 0.6 is 0 Å². The smallest absolute Gasteiger partial charge is 0.277 e. The highest BCUT2D eigenvalue weighted by molar-refractivity contribution is 5.78. The number of benzene rings is 1. The minimum atomic E-state index is -1.43. The van der Waals surface area contributed by atoms with E-state index in [1.165, 1.54) is 0 Å². The van der Waals surface area contributed by atoms with E-state index in [-0.39, 0.29) is 18.9 Å². The maximum absolute atomic E-state index is 11.0. The van der Waals surface area contributed by atoms with Gasteiger partial charge in [-0.2, -0.15) is 4.98 Å². The number of hydrogen-bond acceptors (Lipinski definition) is 10. The summed E-state index contributed by atoms with van der Waals surface area (Å²) >= 11 is 0. The lowest BCUT2D eigenvalue weighted by molar-refractivity contribution is -0.127. The quantitative estimate of drug-likeness (QED) is 0.291. The molecular weight excluding hydrogens is 464 g/mol. The van der Waals surface area contributed by atoms with E-state index in [1.807, 2.05) is 32.9 Å². The SMILES string of the molecule is CCc1cc(-c2noc(-c3cc(C)nc(NCC(C)C)n3)n2)cc(C)c1OC[C@@H](O)CC(O)C(N)=O. The molecule has 5 N–H and O–H groups in total. The van der Waals surface area contributed by atoms with Crippen molar-refractivity contribution < 1.29 is 24.3 Å². The lowest BCUT2D eigenvalue weighted by atomic mass is 10.0. The molecule has 0 radical (unpaired) electrons. The van der Waals surface area contributed by atoms with E-state index in [9.17, 15) is 15.0 Å². The van der Waals surface area contributed by atoms with Crippen molar-refractivity contribution in [3.05, 3.63) is 35.0 Å². The predicted molar refractivity (Wildman–Crippen MR) is 134 cm³/mol. The lowest BCUT2D eigenvalue weighted by Crippen LogP contribution is -2.33. The molecule has 3 aromatic rings. The standard InChI is InChI=1S/C25H34N6O5/c1-6-16-9-17(7-14(4)21(16)35-12-18(32)10-20(33)22(26)34)23-30-24(36-31-23)19-8-15(5)28-25(29-19)27-11-13(2)3/h7-9,13,18,20,32-33H,6,10-12H2,1-5H3,(H2,26,34)(H,27,28,29)/t18-,20?/m0/s1. The molecule has 0 aliphatic carbocycles. The first-order chi connectivity index (χ1) is 17.1. The number of primary amides is 1. The summed E-state index contributed by atoms with van der Waals surface area (Å²) in [7, 11) is 0. The summed E-state index contributed by atoms with van der Waals surface area (Å²) in [5.41, 5.74) is 8.81. The zero-order chi connectivity index (χ0) is 26.4. The van der Waals surface area contributed by atoms with Gasteiger partial charge >= 0.3 is 0 Å². The number of aliphatic hydroxyl groups is 2. The molecule has 0 spiro atoms. The Morgan fingerprint density at radius 2 is 1.92 bits per heavy atom. The third kappa shape index (κ3) is 6.98. The summed E-state index contributed by atoms with van der Waals surface area (Å²) in [6.07, 6.45) is -2.01. The molecule has 2 atom stereocenters. The van der Waals surface area contributed by atoms with Crippen LogP contribution in [0.2, 0.25) is 0 Å². The summed E-state index contributed by atoms with van der Waals surface area (Å²) in [4.78, 5) is 24.5. The number of hydrogen-bond donors (Lipinski definition) is 4. The van der Waals surface area contributed by atoms with Crippen molar-refractivity contribution in [2.24, 2.45) is 11.7 Å². The Morgan fingerprint density at radius 3 is 2.58 bits per heavy atom. The second-order valence-electron chi connectivity index (χ2n) is 9.17. The van der Waals surface area contributed by atoms with Gasteiger partial charge in [-0.25, -0.2) is 9.97 Å². The zero-order valence-corrected chi connectivity index (χ0v) is 21.3. The van der Waals surface area contributed by atoms with Gasteiger partial charge in [0.15, 0.2) is 0 Å². The van der Waals surface area contributed by atoms with E-state index >= 15 is 0 Å². The van der Waals surface area contributed by atoms with Crippen LogP contribution in [0.15, 0.2) is 22.7 Å². The molecule has 0 bridgehead atoms. The number of ether oxygens (including phenoxy) is 1. The molecule has 3 rings (SSSR count).